The Labute approximate surface area is 237 Å². The average molecular weight is 557 g/mol. The maximum absolute atomic E-state index is 12.9. The Morgan fingerprint density at radius 3 is 2.23 bits per heavy atom. The van der Waals surface area contributed by atoms with Crippen LogP contribution < -0.4 is 5.56 Å². The molecule has 0 fully saturated rings. The molecule has 4 aromatic rings. The van der Waals surface area contributed by atoms with Crippen molar-refractivity contribution in [2.45, 2.75) is 57.0 Å². The summed E-state index contributed by atoms with van der Waals surface area (Å²) in [6.45, 7) is 2.01. The van der Waals surface area contributed by atoms with Gasteiger partial charge in [-0.25, -0.2) is 14.8 Å². The number of carbonyl (C=O) groups excluding carboxylic acids is 1. The van der Waals surface area contributed by atoms with Crippen LogP contribution in [0.5, 0.6) is 0 Å². The summed E-state index contributed by atoms with van der Waals surface area (Å²) >= 11 is 1.51. The molecule has 0 aliphatic carbocycles. The highest BCUT2D eigenvalue weighted by Crippen LogP contribution is 2.22. The Bertz CT molecular complexity index is 1490. The highest BCUT2D eigenvalue weighted by Gasteiger charge is 2.13. The van der Waals surface area contributed by atoms with E-state index < -0.39 is 5.97 Å². The molecule has 0 spiro atoms. The lowest BCUT2D eigenvalue weighted by Gasteiger charge is -2.14. The maximum atomic E-state index is 12.9. The molecule has 0 amide bonds. The number of carbonyl (C=O) groups is 2. The smallest absolute Gasteiger partial charge is 0.335 e. The zero-order chi connectivity index (χ0) is 28.3. The van der Waals surface area contributed by atoms with Gasteiger partial charge in [-0.3, -0.25) is 14.2 Å². The number of nitrogens with zero attached hydrogens (tertiary/aromatic N) is 4. The normalized spacial score (nSPS) is 10.9. The second-order valence-corrected chi connectivity index (χ2v) is 10.7. The van der Waals surface area contributed by atoms with Gasteiger partial charge in [-0.2, -0.15) is 4.98 Å². The summed E-state index contributed by atoms with van der Waals surface area (Å²) in [6.07, 6.45) is 12.3. The number of ketones is 1. The molecule has 206 valence electrons. The van der Waals surface area contributed by atoms with Crippen LogP contribution in [0, 0.1) is 6.92 Å². The van der Waals surface area contributed by atoms with Crippen LogP contribution in [0.15, 0.2) is 83.4 Å². The van der Waals surface area contributed by atoms with Gasteiger partial charge in [0.05, 0.1) is 5.56 Å². The van der Waals surface area contributed by atoms with Crippen molar-refractivity contribution >= 4 is 23.5 Å². The van der Waals surface area contributed by atoms with E-state index in [9.17, 15) is 19.5 Å². The van der Waals surface area contributed by atoms with Crippen LogP contribution in [0.3, 0.4) is 0 Å². The van der Waals surface area contributed by atoms with Gasteiger partial charge >= 0.3 is 5.97 Å². The van der Waals surface area contributed by atoms with Gasteiger partial charge in [0, 0.05) is 54.0 Å². The lowest BCUT2D eigenvalue weighted by molar-refractivity contribution is 0.0696. The molecular formula is C31H32N4O4S. The molecule has 8 nitrogen and oxygen atoms in total. The molecule has 0 bridgehead atoms. The Morgan fingerprint density at radius 2 is 1.52 bits per heavy atom. The van der Waals surface area contributed by atoms with Gasteiger partial charge in [-0.15, -0.1) is 0 Å². The number of aryl methyl sites for hydroxylation is 1. The molecule has 0 aliphatic heterocycles. The van der Waals surface area contributed by atoms with Crippen LogP contribution in [0.1, 0.15) is 75.9 Å². The summed E-state index contributed by atoms with van der Waals surface area (Å²) in [5.41, 5.74) is 3.84. The van der Waals surface area contributed by atoms with E-state index in [1.54, 1.807) is 42.9 Å². The molecule has 40 heavy (non-hydrogen) atoms. The monoisotopic (exact) mass is 556 g/mol. The summed E-state index contributed by atoms with van der Waals surface area (Å²) < 4.78 is 1.84. The van der Waals surface area contributed by atoms with E-state index in [2.05, 4.69) is 15.0 Å². The Hall–Kier alpha value is -4.11. The summed E-state index contributed by atoms with van der Waals surface area (Å²) in [5.74, 6) is -0.0175. The number of hydrogen-bond donors (Lipinski definition) is 1. The minimum absolute atomic E-state index is 0.189. The molecule has 0 saturated carbocycles. The first-order valence-electron chi connectivity index (χ1n) is 13.3. The number of unbranched alkanes of at least 4 members (excludes halogenated alkanes) is 4. The van der Waals surface area contributed by atoms with Crippen LogP contribution in [0.4, 0.5) is 0 Å². The number of Topliss-reactive ketones (excluding diaryl/α,β-unsaturated/α-hetero) is 1. The van der Waals surface area contributed by atoms with Gasteiger partial charge in [0.25, 0.3) is 5.56 Å². The predicted molar refractivity (Wildman–Crippen MR) is 156 cm³/mol. The van der Waals surface area contributed by atoms with Crippen LogP contribution in [0.2, 0.25) is 0 Å². The third-order valence-electron chi connectivity index (χ3n) is 6.52. The lowest BCUT2D eigenvalue weighted by atomic mass is 10.0. The first kappa shape index (κ1) is 28.9. The molecule has 0 radical (unpaired) electrons. The van der Waals surface area contributed by atoms with Crippen molar-refractivity contribution in [1.82, 2.24) is 19.5 Å². The molecular weight excluding hydrogens is 524 g/mol. The van der Waals surface area contributed by atoms with Crippen molar-refractivity contribution in [1.29, 1.82) is 0 Å². The third-order valence-corrected chi connectivity index (χ3v) is 7.56. The standard InChI is InChI=1S/C31H32N4O4S/c1-22-8-10-24(11-9-22)28(36)7-5-3-2-4-6-16-40-31-34-29(37)26(17-23-18-32-21-33-19-23)20-35(31)27-14-12-25(13-15-27)30(38)39/h8-15,18-21H,2-7,16-17H2,1H3,(H,38,39). The van der Waals surface area contributed by atoms with Gasteiger partial charge in [0.2, 0.25) is 0 Å². The number of thioether (sulfide) groups is 1. The van der Waals surface area contributed by atoms with Crippen molar-refractivity contribution in [2.24, 2.45) is 0 Å². The molecule has 2 aromatic heterocycles. The third kappa shape index (κ3) is 8.19. The van der Waals surface area contributed by atoms with E-state index in [-0.39, 0.29) is 16.9 Å². The largest absolute Gasteiger partial charge is 0.478 e. The van der Waals surface area contributed by atoms with E-state index in [4.69, 9.17) is 0 Å². The van der Waals surface area contributed by atoms with E-state index >= 15 is 0 Å². The molecule has 1 N–H and O–H groups in total. The molecule has 4 rings (SSSR count). The lowest BCUT2D eigenvalue weighted by Crippen LogP contribution is -2.19. The zero-order valence-electron chi connectivity index (χ0n) is 22.5. The molecule has 0 aliphatic rings. The molecule has 9 heteroatoms. The second-order valence-electron chi connectivity index (χ2n) is 9.65. The van der Waals surface area contributed by atoms with Crippen molar-refractivity contribution < 1.29 is 14.7 Å². The van der Waals surface area contributed by atoms with Crippen LogP contribution in [-0.4, -0.2) is 42.1 Å². The van der Waals surface area contributed by atoms with E-state index in [1.165, 1.54) is 18.1 Å². The van der Waals surface area contributed by atoms with Gasteiger partial charge in [-0.05, 0) is 49.6 Å². The van der Waals surface area contributed by atoms with Gasteiger partial charge in [0.15, 0.2) is 10.9 Å². The van der Waals surface area contributed by atoms with Gasteiger partial charge in [0.1, 0.15) is 6.33 Å². The van der Waals surface area contributed by atoms with E-state index in [1.807, 2.05) is 35.8 Å². The Kier molecular flexibility index (Phi) is 10.3. The van der Waals surface area contributed by atoms with Crippen molar-refractivity contribution in [2.75, 3.05) is 5.75 Å². The number of carboxylic acid groups (broad SMARTS) is 1. The number of aromatic nitrogens is 4. The number of aromatic carboxylic acids is 1. The SMILES string of the molecule is Cc1ccc(C(=O)CCCCCCCSc2nc(=O)c(Cc3cncnc3)cn2-c2ccc(C(=O)O)cc2)cc1. The number of benzene rings is 2. The highest BCUT2D eigenvalue weighted by atomic mass is 32.2. The zero-order valence-corrected chi connectivity index (χ0v) is 23.3. The van der Waals surface area contributed by atoms with Crippen molar-refractivity contribution in [3.8, 4) is 5.69 Å². The number of carboxylic acids is 1. The summed E-state index contributed by atoms with van der Waals surface area (Å²) in [4.78, 5) is 48.9. The van der Waals surface area contributed by atoms with Crippen molar-refractivity contribution in [3.63, 3.8) is 0 Å². The Balaban J connectivity index is 1.33. The molecule has 0 atom stereocenters. The van der Waals surface area contributed by atoms with Gasteiger partial charge in [-0.1, -0.05) is 60.9 Å². The Morgan fingerprint density at radius 1 is 0.875 bits per heavy atom. The molecule has 0 unspecified atom stereocenters. The predicted octanol–water partition coefficient (Wildman–Crippen LogP) is 5.94. The summed E-state index contributed by atoms with van der Waals surface area (Å²) in [7, 11) is 0. The van der Waals surface area contributed by atoms with Crippen LogP contribution >= 0.6 is 11.8 Å². The summed E-state index contributed by atoms with van der Waals surface area (Å²) in [6, 6.07) is 14.2. The topological polar surface area (TPSA) is 115 Å². The fraction of sp³-hybridized carbons (Fsp3) is 0.290. The first-order chi connectivity index (χ1) is 19.4. The minimum Gasteiger partial charge on any atom is -0.478 e. The summed E-state index contributed by atoms with van der Waals surface area (Å²) in [5, 5.41) is 9.82. The number of rotatable bonds is 14. The maximum Gasteiger partial charge on any atom is 0.335 e. The van der Waals surface area contributed by atoms with Gasteiger partial charge < -0.3 is 5.11 Å². The first-order valence-corrected chi connectivity index (χ1v) is 14.3. The molecule has 0 saturated heterocycles. The highest BCUT2D eigenvalue weighted by molar-refractivity contribution is 7.99. The molecule has 2 aromatic carbocycles. The van der Waals surface area contributed by atoms with Crippen LogP contribution in [0.25, 0.3) is 5.69 Å². The number of hydrogen-bond acceptors (Lipinski definition) is 7. The fourth-order valence-electron chi connectivity index (χ4n) is 4.26. The second kappa shape index (κ2) is 14.3. The van der Waals surface area contributed by atoms with E-state index in [0.717, 1.165) is 60.2 Å². The average Bonchev–Trinajstić information content (AvgIpc) is 2.96. The quantitative estimate of drug-likeness (QED) is 0.0879. The van der Waals surface area contributed by atoms with E-state index in [0.29, 0.717) is 23.6 Å². The van der Waals surface area contributed by atoms with Crippen molar-refractivity contribution in [3.05, 3.63) is 112 Å². The van der Waals surface area contributed by atoms with Crippen LogP contribution in [-0.2, 0) is 6.42 Å². The fourth-order valence-corrected chi connectivity index (χ4v) is 5.23. The minimum atomic E-state index is -0.997. The molecule has 2 heterocycles.